The average Bonchev–Trinajstić information content (AvgIpc) is 2.51. The maximum Gasteiger partial charge on any atom is 0.261 e. The third-order valence-electron chi connectivity index (χ3n) is 3.23. The molecule has 10 heteroatoms. The second-order valence-electron chi connectivity index (χ2n) is 5.89. The highest BCUT2D eigenvalue weighted by Gasteiger charge is 2.25. The van der Waals surface area contributed by atoms with E-state index in [4.69, 9.17) is 23.2 Å². The SMILES string of the molecule is CC(C)(O)C(=O)Nc1ccc(S(=O)(=O)Nc2ccc(Cl)c(Br)c2)cc1Cl. The molecule has 26 heavy (non-hydrogen) atoms. The van der Waals surface area contributed by atoms with E-state index in [1.807, 2.05) is 0 Å². The number of nitrogens with one attached hydrogen (secondary N) is 2. The van der Waals surface area contributed by atoms with Crippen molar-refractivity contribution in [1.29, 1.82) is 0 Å². The highest BCUT2D eigenvalue weighted by atomic mass is 79.9. The maximum atomic E-state index is 12.5. The molecule has 1 amide bonds. The predicted octanol–water partition coefficient (Wildman–Crippen LogP) is 4.27. The van der Waals surface area contributed by atoms with Gasteiger partial charge in [-0.15, -0.1) is 0 Å². The highest BCUT2D eigenvalue weighted by Crippen LogP contribution is 2.29. The second kappa shape index (κ2) is 7.74. The zero-order valence-electron chi connectivity index (χ0n) is 13.7. The van der Waals surface area contributed by atoms with E-state index in [-0.39, 0.29) is 15.6 Å². The molecule has 6 nitrogen and oxygen atoms in total. The van der Waals surface area contributed by atoms with Crippen molar-refractivity contribution in [2.24, 2.45) is 0 Å². The van der Waals surface area contributed by atoms with Gasteiger partial charge in [-0.25, -0.2) is 8.42 Å². The molecule has 0 saturated carbocycles. The van der Waals surface area contributed by atoms with E-state index in [0.29, 0.717) is 15.2 Å². The third-order valence-corrected chi connectivity index (χ3v) is 6.13. The summed E-state index contributed by atoms with van der Waals surface area (Å²) in [5.41, 5.74) is -1.10. The van der Waals surface area contributed by atoms with Gasteiger partial charge < -0.3 is 10.4 Å². The number of halogens is 3. The van der Waals surface area contributed by atoms with E-state index in [9.17, 15) is 18.3 Å². The number of anilines is 2. The van der Waals surface area contributed by atoms with Gasteiger partial charge in [0.15, 0.2) is 0 Å². The Morgan fingerprint density at radius 1 is 1.12 bits per heavy atom. The van der Waals surface area contributed by atoms with Crippen LogP contribution in [-0.2, 0) is 14.8 Å². The molecule has 0 heterocycles. The Balaban J connectivity index is 2.26. The predicted molar refractivity (Wildman–Crippen MR) is 106 cm³/mol. The summed E-state index contributed by atoms with van der Waals surface area (Å²) in [6.07, 6.45) is 0. The van der Waals surface area contributed by atoms with E-state index in [2.05, 4.69) is 26.0 Å². The van der Waals surface area contributed by atoms with Crippen LogP contribution in [0.1, 0.15) is 13.8 Å². The zero-order chi connectivity index (χ0) is 19.7. The molecule has 0 aliphatic rings. The van der Waals surface area contributed by atoms with E-state index in [1.54, 1.807) is 6.07 Å². The Morgan fingerprint density at radius 3 is 2.31 bits per heavy atom. The van der Waals surface area contributed by atoms with Crippen molar-refractivity contribution in [3.05, 3.63) is 50.9 Å². The van der Waals surface area contributed by atoms with Crippen molar-refractivity contribution < 1.29 is 18.3 Å². The van der Waals surface area contributed by atoms with Crippen molar-refractivity contribution in [3.8, 4) is 0 Å². The number of carbonyl (C=O) groups is 1. The van der Waals surface area contributed by atoms with E-state index in [1.165, 1.54) is 44.2 Å². The lowest BCUT2D eigenvalue weighted by Gasteiger charge is -2.17. The van der Waals surface area contributed by atoms with E-state index >= 15 is 0 Å². The zero-order valence-corrected chi connectivity index (χ0v) is 17.6. The standard InChI is InChI=1S/C16H15BrCl2N2O4S/c1-16(2,23)15(22)20-14-6-4-10(8-13(14)19)26(24,25)21-9-3-5-12(18)11(17)7-9/h3-8,21,23H,1-2H3,(H,20,22). The van der Waals surface area contributed by atoms with Crippen LogP contribution in [0.15, 0.2) is 45.8 Å². The number of carbonyl (C=O) groups excluding carboxylic acids is 1. The van der Waals surface area contributed by atoms with Crippen LogP contribution in [0.3, 0.4) is 0 Å². The molecule has 0 spiro atoms. The number of hydrogen-bond donors (Lipinski definition) is 3. The first-order valence-electron chi connectivity index (χ1n) is 7.21. The molecule has 2 aromatic carbocycles. The molecule has 0 unspecified atom stereocenters. The highest BCUT2D eigenvalue weighted by molar-refractivity contribution is 9.10. The minimum Gasteiger partial charge on any atom is -0.381 e. The lowest BCUT2D eigenvalue weighted by Crippen LogP contribution is -2.36. The van der Waals surface area contributed by atoms with Crippen LogP contribution in [-0.4, -0.2) is 25.0 Å². The van der Waals surface area contributed by atoms with Gasteiger partial charge in [0.2, 0.25) is 0 Å². The van der Waals surface area contributed by atoms with Crippen molar-refractivity contribution in [2.75, 3.05) is 10.0 Å². The van der Waals surface area contributed by atoms with E-state index in [0.717, 1.165) is 0 Å². The van der Waals surface area contributed by atoms with Gasteiger partial charge in [0.1, 0.15) is 5.60 Å². The molecule has 140 valence electrons. The average molecular weight is 482 g/mol. The first-order chi connectivity index (χ1) is 11.9. The van der Waals surface area contributed by atoms with Crippen molar-refractivity contribution >= 4 is 66.4 Å². The Kier molecular flexibility index (Phi) is 6.24. The first kappa shape index (κ1) is 21.0. The van der Waals surface area contributed by atoms with Gasteiger partial charge in [-0.3, -0.25) is 9.52 Å². The number of aliphatic hydroxyl groups is 1. The minimum atomic E-state index is -3.90. The molecule has 0 saturated heterocycles. The smallest absolute Gasteiger partial charge is 0.261 e. The van der Waals surface area contributed by atoms with Crippen molar-refractivity contribution in [1.82, 2.24) is 0 Å². The van der Waals surface area contributed by atoms with Gasteiger partial charge in [-0.05, 0) is 66.2 Å². The van der Waals surface area contributed by atoms with E-state index < -0.39 is 21.5 Å². The minimum absolute atomic E-state index is 0.0164. The summed E-state index contributed by atoms with van der Waals surface area (Å²) in [6.45, 7) is 2.65. The summed E-state index contributed by atoms with van der Waals surface area (Å²) >= 11 is 15.2. The molecule has 0 fully saturated rings. The normalized spacial score (nSPS) is 11.9. The summed E-state index contributed by atoms with van der Waals surface area (Å²) in [5.74, 6) is -0.667. The maximum absolute atomic E-state index is 12.5. The molecule has 0 aromatic heterocycles. The lowest BCUT2D eigenvalue weighted by molar-refractivity contribution is -0.130. The molecular formula is C16H15BrCl2N2O4S. The summed E-state index contributed by atoms with van der Waals surface area (Å²) in [4.78, 5) is 11.7. The van der Waals surface area contributed by atoms with Crippen LogP contribution in [0.4, 0.5) is 11.4 Å². The largest absolute Gasteiger partial charge is 0.381 e. The van der Waals surface area contributed by atoms with Crippen LogP contribution in [0, 0.1) is 0 Å². The Morgan fingerprint density at radius 2 is 1.77 bits per heavy atom. The molecule has 0 radical (unpaired) electrons. The first-order valence-corrected chi connectivity index (χ1v) is 10.2. The number of sulfonamides is 1. The van der Waals surface area contributed by atoms with Gasteiger partial charge in [0, 0.05) is 4.47 Å². The Hall–Kier alpha value is -1.32. The third kappa shape index (κ3) is 5.11. The van der Waals surface area contributed by atoms with Crippen LogP contribution >= 0.6 is 39.1 Å². The molecule has 0 bridgehead atoms. The monoisotopic (exact) mass is 480 g/mol. The molecule has 0 aliphatic carbocycles. The fourth-order valence-corrected chi connectivity index (χ4v) is 3.68. The number of amides is 1. The molecule has 0 atom stereocenters. The molecular weight excluding hydrogens is 467 g/mol. The van der Waals surface area contributed by atoms with Crippen molar-refractivity contribution in [3.63, 3.8) is 0 Å². The Bertz CT molecular complexity index is 959. The van der Waals surface area contributed by atoms with Gasteiger partial charge in [-0.2, -0.15) is 0 Å². The fraction of sp³-hybridized carbons (Fsp3) is 0.188. The topological polar surface area (TPSA) is 95.5 Å². The number of hydrogen-bond acceptors (Lipinski definition) is 4. The summed E-state index contributed by atoms with van der Waals surface area (Å²) in [5, 5.41) is 12.6. The van der Waals surface area contributed by atoms with Crippen LogP contribution in [0.2, 0.25) is 10.0 Å². The van der Waals surface area contributed by atoms with Crippen LogP contribution in [0.5, 0.6) is 0 Å². The molecule has 0 aliphatic heterocycles. The quantitative estimate of drug-likeness (QED) is 0.594. The molecule has 2 aromatic rings. The van der Waals surface area contributed by atoms with Crippen molar-refractivity contribution in [2.45, 2.75) is 24.3 Å². The van der Waals surface area contributed by atoms with Gasteiger partial charge in [-0.1, -0.05) is 23.2 Å². The summed E-state index contributed by atoms with van der Waals surface area (Å²) < 4.78 is 28.0. The van der Waals surface area contributed by atoms with Gasteiger partial charge in [0.05, 0.1) is 26.3 Å². The fourth-order valence-electron chi connectivity index (χ4n) is 1.81. The van der Waals surface area contributed by atoms with Crippen LogP contribution in [0.25, 0.3) is 0 Å². The second-order valence-corrected chi connectivity index (χ2v) is 9.24. The molecule has 3 N–H and O–H groups in total. The Labute approximate surface area is 169 Å². The summed E-state index contributed by atoms with van der Waals surface area (Å²) in [6, 6.07) is 8.43. The number of rotatable bonds is 5. The van der Waals surface area contributed by atoms with Gasteiger partial charge >= 0.3 is 0 Å². The van der Waals surface area contributed by atoms with Gasteiger partial charge in [0.25, 0.3) is 15.9 Å². The van der Waals surface area contributed by atoms with Crippen LogP contribution < -0.4 is 10.0 Å². The molecule has 2 rings (SSSR count). The summed E-state index contributed by atoms with van der Waals surface area (Å²) in [7, 11) is -3.90. The lowest BCUT2D eigenvalue weighted by atomic mass is 10.1. The number of benzene rings is 2.